The summed E-state index contributed by atoms with van der Waals surface area (Å²) in [5.41, 5.74) is 8.08. The molecule has 1 amide bonds. The molecule has 0 aliphatic carbocycles. The van der Waals surface area contributed by atoms with Crippen LogP contribution in [0.4, 0.5) is 0 Å². The Balaban J connectivity index is 1.83. The highest BCUT2D eigenvalue weighted by atomic mass is 16.2. The molecule has 0 bridgehead atoms. The number of nitrogens with two attached hydrogens (primary N) is 1. The predicted molar refractivity (Wildman–Crippen MR) is 96.5 cm³/mol. The van der Waals surface area contributed by atoms with Crippen molar-refractivity contribution in [3.8, 4) is 0 Å². The molecule has 130 valence electrons. The first-order chi connectivity index (χ1) is 11.6. The minimum Gasteiger partial charge on any atom is -0.354 e. The van der Waals surface area contributed by atoms with Crippen LogP contribution >= 0.6 is 0 Å². The number of nitrogens with zero attached hydrogens (tertiary/aromatic N) is 2. The molecular weight excluding hydrogens is 300 g/mol. The summed E-state index contributed by atoms with van der Waals surface area (Å²) < 4.78 is 2.01. The topological polar surface area (TPSA) is 72.9 Å². The lowest BCUT2D eigenvalue weighted by Crippen LogP contribution is -2.43. The standard InChI is InChI=1S/C19H28N4O/c1-3-15(4-2)11-21-19(24)18(20)10-17-13-23(14-22-17)12-16-8-6-5-7-9-16/h5-9,13-15,18H,3-4,10-12,20H2,1-2H3,(H,21,24)/t18-/m0/s1. The summed E-state index contributed by atoms with van der Waals surface area (Å²) in [5.74, 6) is 0.422. The number of carbonyl (C=O) groups is 1. The second kappa shape index (κ2) is 9.23. The number of aromatic nitrogens is 2. The Morgan fingerprint density at radius 2 is 1.96 bits per heavy atom. The van der Waals surface area contributed by atoms with Gasteiger partial charge in [-0.05, 0) is 11.5 Å². The van der Waals surface area contributed by atoms with Gasteiger partial charge in [0.25, 0.3) is 0 Å². The Morgan fingerprint density at radius 1 is 1.25 bits per heavy atom. The average Bonchev–Trinajstić information content (AvgIpc) is 3.03. The quantitative estimate of drug-likeness (QED) is 0.742. The molecule has 0 aliphatic rings. The first-order valence-corrected chi connectivity index (χ1v) is 8.70. The SMILES string of the molecule is CCC(CC)CNC(=O)[C@@H](N)Cc1cn(Cc2ccccc2)cn1. The van der Waals surface area contributed by atoms with E-state index in [0.29, 0.717) is 18.9 Å². The van der Waals surface area contributed by atoms with Crippen LogP contribution in [0.3, 0.4) is 0 Å². The number of benzene rings is 1. The van der Waals surface area contributed by atoms with Crippen LogP contribution in [-0.4, -0.2) is 28.0 Å². The maximum Gasteiger partial charge on any atom is 0.237 e. The lowest BCUT2D eigenvalue weighted by Gasteiger charge is -2.16. The third kappa shape index (κ3) is 5.49. The number of rotatable bonds is 9. The number of nitrogens with one attached hydrogen (secondary N) is 1. The Morgan fingerprint density at radius 3 is 2.62 bits per heavy atom. The third-order valence-corrected chi connectivity index (χ3v) is 4.38. The normalized spacial score (nSPS) is 12.3. The van der Waals surface area contributed by atoms with Crippen LogP contribution in [0, 0.1) is 5.92 Å². The van der Waals surface area contributed by atoms with Gasteiger partial charge in [0.1, 0.15) is 0 Å². The zero-order valence-electron chi connectivity index (χ0n) is 14.6. The van der Waals surface area contributed by atoms with E-state index in [-0.39, 0.29) is 5.91 Å². The van der Waals surface area contributed by atoms with E-state index in [2.05, 4.69) is 36.3 Å². The van der Waals surface area contributed by atoms with Gasteiger partial charge in [-0.25, -0.2) is 4.98 Å². The molecule has 1 aromatic heterocycles. The van der Waals surface area contributed by atoms with E-state index in [4.69, 9.17) is 5.73 Å². The van der Waals surface area contributed by atoms with E-state index in [0.717, 1.165) is 25.1 Å². The van der Waals surface area contributed by atoms with E-state index in [1.165, 1.54) is 5.56 Å². The average molecular weight is 328 g/mol. The number of hydrogen-bond acceptors (Lipinski definition) is 3. The predicted octanol–water partition coefficient (Wildman–Crippen LogP) is 2.35. The number of carbonyl (C=O) groups excluding carboxylic acids is 1. The minimum absolute atomic E-state index is 0.0977. The van der Waals surface area contributed by atoms with E-state index in [9.17, 15) is 4.79 Å². The van der Waals surface area contributed by atoms with Crippen LogP contribution in [0.25, 0.3) is 0 Å². The molecule has 1 atom stereocenters. The van der Waals surface area contributed by atoms with Gasteiger partial charge in [0, 0.05) is 25.7 Å². The van der Waals surface area contributed by atoms with Gasteiger partial charge in [-0.15, -0.1) is 0 Å². The van der Waals surface area contributed by atoms with Crippen LogP contribution < -0.4 is 11.1 Å². The van der Waals surface area contributed by atoms with Gasteiger partial charge in [0.2, 0.25) is 5.91 Å². The summed E-state index contributed by atoms with van der Waals surface area (Å²) in [4.78, 5) is 16.5. The highest BCUT2D eigenvalue weighted by Crippen LogP contribution is 2.07. The zero-order valence-corrected chi connectivity index (χ0v) is 14.6. The maximum atomic E-state index is 12.1. The van der Waals surface area contributed by atoms with Gasteiger partial charge < -0.3 is 15.6 Å². The first-order valence-electron chi connectivity index (χ1n) is 8.70. The van der Waals surface area contributed by atoms with Gasteiger partial charge in [0.05, 0.1) is 18.1 Å². The van der Waals surface area contributed by atoms with Crippen LogP contribution in [0.5, 0.6) is 0 Å². The monoisotopic (exact) mass is 328 g/mol. The summed E-state index contributed by atoms with van der Waals surface area (Å²) in [6, 6.07) is 9.65. The Hall–Kier alpha value is -2.14. The van der Waals surface area contributed by atoms with Crippen molar-refractivity contribution in [2.45, 2.75) is 45.7 Å². The van der Waals surface area contributed by atoms with Gasteiger partial charge in [-0.2, -0.15) is 0 Å². The van der Waals surface area contributed by atoms with Gasteiger partial charge in [0.15, 0.2) is 0 Å². The minimum atomic E-state index is -0.556. The molecule has 0 unspecified atom stereocenters. The molecule has 0 radical (unpaired) electrons. The summed E-state index contributed by atoms with van der Waals surface area (Å²) in [5, 5.41) is 2.95. The fraction of sp³-hybridized carbons (Fsp3) is 0.474. The van der Waals surface area contributed by atoms with Crippen molar-refractivity contribution in [3.05, 3.63) is 54.1 Å². The molecule has 1 heterocycles. The Kier molecular flexibility index (Phi) is 7.00. The second-order valence-corrected chi connectivity index (χ2v) is 6.26. The van der Waals surface area contributed by atoms with Gasteiger partial charge in [-0.3, -0.25) is 4.79 Å². The van der Waals surface area contributed by atoms with Gasteiger partial charge in [-0.1, -0.05) is 57.0 Å². The van der Waals surface area contributed by atoms with Crippen molar-refractivity contribution < 1.29 is 4.79 Å². The van der Waals surface area contributed by atoms with Crippen molar-refractivity contribution in [2.75, 3.05) is 6.54 Å². The molecule has 2 rings (SSSR count). The first kappa shape index (κ1) is 18.2. The van der Waals surface area contributed by atoms with Gasteiger partial charge >= 0.3 is 0 Å². The zero-order chi connectivity index (χ0) is 17.4. The summed E-state index contributed by atoms with van der Waals surface area (Å²) in [7, 11) is 0. The van der Waals surface area contributed by atoms with Crippen molar-refractivity contribution >= 4 is 5.91 Å². The van der Waals surface area contributed by atoms with E-state index in [1.807, 2.05) is 29.0 Å². The molecule has 0 fully saturated rings. The van der Waals surface area contributed by atoms with Crippen molar-refractivity contribution in [1.82, 2.24) is 14.9 Å². The molecule has 1 aromatic carbocycles. The van der Waals surface area contributed by atoms with Crippen LogP contribution in [0.2, 0.25) is 0 Å². The lowest BCUT2D eigenvalue weighted by molar-refractivity contribution is -0.122. The Labute approximate surface area is 144 Å². The molecule has 3 N–H and O–H groups in total. The lowest BCUT2D eigenvalue weighted by atomic mass is 10.0. The van der Waals surface area contributed by atoms with Crippen molar-refractivity contribution in [3.63, 3.8) is 0 Å². The van der Waals surface area contributed by atoms with E-state index >= 15 is 0 Å². The molecule has 5 heteroatoms. The van der Waals surface area contributed by atoms with Crippen LogP contribution in [0.15, 0.2) is 42.9 Å². The summed E-state index contributed by atoms with van der Waals surface area (Å²) >= 11 is 0. The molecule has 0 saturated carbocycles. The molecule has 0 saturated heterocycles. The molecule has 0 aliphatic heterocycles. The van der Waals surface area contributed by atoms with Crippen molar-refractivity contribution in [2.24, 2.45) is 11.7 Å². The number of imidazole rings is 1. The molecule has 5 nitrogen and oxygen atoms in total. The molecule has 2 aromatic rings. The van der Waals surface area contributed by atoms with Crippen molar-refractivity contribution in [1.29, 1.82) is 0 Å². The molecule has 0 spiro atoms. The molecular formula is C19H28N4O. The largest absolute Gasteiger partial charge is 0.354 e. The smallest absolute Gasteiger partial charge is 0.237 e. The second-order valence-electron chi connectivity index (χ2n) is 6.26. The third-order valence-electron chi connectivity index (χ3n) is 4.38. The number of amides is 1. The van der Waals surface area contributed by atoms with E-state index in [1.54, 1.807) is 6.33 Å². The highest BCUT2D eigenvalue weighted by Gasteiger charge is 2.16. The fourth-order valence-electron chi connectivity index (χ4n) is 2.66. The summed E-state index contributed by atoms with van der Waals surface area (Å²) in [6.45, 7) is 5.74. The summed E-state index contributed by atoms with van der Waals surface area (Å²) in [6.07, 6.45) is 6.33. The van der Waals surface area contributed by atoms with Crippen LogP contribution in [-0.2, 0) is 17.8 Å². The van der Waals surface area contributed by atoms with E-state index < -0.39 is 6.04 Å². The Bertz CT molecular complexity index is 619. The van der Waals surface area contributed by atoms with Crippen LogP contribution in [0.1, 0.15) is 37.9 Å². The highest BCUT2D eigenvalue weighted by molar-refractivity contribution is 5.81. The fourth-order valence-corrected chi connectivity index (χ4v) is 2.66. The maximum absolute atomic E-state index is 12.1. The molecule has 24 heavy (non-hydrogen) atoms. The number of hydrogen-bond donors (Lipinski definition) is 2.